The van der Waals surface area contributed by atoms with Crippen LogP contribution in [0, 0.1) is 0 Å². The highest BCUT2D eigenvalue weighted by Gasteiger charge is 2.36. The van der Waals surface area contributed by atoms with Crippen molar-refractivity contribution >= 4 is 76.8 Å². The summed E-state index contributed by atoms with van der Waals surface area (Å²) in [5, 5.41) is 1.46. The van der Waals surface area contributed by atoms with Gasteiger partial charge in [-0.3, -0.25) is 0 Å². The van der Waals surface area contributed by atoms with Crippen LogP contribution in [0.2, 0.25) is 6.55 Å². The van der Waals surface area contributed by atoms with E-state index in [1.54, 1.807) is 0 Å². The second-order valence-corrected chi connectivity index (χ2v) is 14.3. The number of benzene rings is 1. The molecule has 0 bridgehead atoms. The van der Waals surface area contributed by atoms with Crippen molar-refractivity contribution in [3.05, 3.63) is 62.2 Å². The van der Waals surface area contributed by atoms with E-state index in [1.807, 2.05) is 22.7 Å². The SMILES string of the molecule is C[Si](c1ccccc1)(c1ccc(Br)s1)c1ccc(Br)s1. The maximum atomic E-state index is 3.61. The molecule has 0 radical (unpaired) electrons. The van der Waals surface area contributed by atoms with Gasteiger partial charge in [0, 0.05) is 9.00 Å². The zero-order valence-corrected chi connectivity index (χ0v) is 16.6. The molecule has 3 aromatic rings. The van der Waals surface area contributed by atoms with Gasteiger partial charge in [0.05, 0.1) is 7.57 Å². The van der Waals surface area contributed by atoms with Crippen molar-refractivity contribution in [3.63, 3.8) is 0 Å². The summed E-state index contributed by atoms with van der Waals surface area (Å²) in [6.07, 6.45) is 0. The number of hydrogen-bond acceptors (Lipinski definition) is 2. The van der Waals surface area contributed by atoms with Crippen LogP contribution in [0.25, 0.3) is 0 Å². The zero-order chi connectivity index (χ0) is 14.2. The smallest absolute Gasteiger partial charge is 0.137 e. The minimum atomic E-state index is -1.86. The molecular formula is C15H12Br2S2Si. The van der Waals surface area contributed by atoms with Gasteiger partial charge in [-0.05, 0) is 49.2 Å². The molecule has 0 saturated carbocycles. The fourth-order valence-corrected chi connectivity index (χ4v) is 11.9. The Morgan fingerprint density at radius 1 is 0.750 bits per heavy atom. The molecule has 20 heavy (non-hydrogen) atoms. The van der Waals surface area contributed by atoms with Gasteiger partial charge in [-0.2, -0.15) is 0 Å². The third-order valence-electron chi connectivity index (χ3n) is 3.48. The fraction of sp³-hybridized carbons (Fsp3) is 0.0667. The molecule has 0 aliphatic carbocycles. The molecule has 0 atom stereocenters. The molecule has 0 fully saturated rings. The van der Waals surface area contributed by atoms with E-state index in [1.165, 1.54) is 21.8 Å². The lowest BCUT2D eigenvalue weighted by Gasteiger charge is -2.25. The maximum absolute atomic E-state index is 3.61. The Morgan fingerprint density at radius 2 is 1.25 bits per heavy atom. The minimum absolute atomic E-state index is 1.21. The Kier molecular flexibility index (Phi) is 4.33. The number of halogens is 2. The summed E-state index contributed by atoms with van der Waals surface area (Å²) in [6, 6.07) is 19.8. The molecule has 1 aromatic carbocycles. The van der Waals surface area contributed by atoms with Crippen molar-refractivity contribution in [1.29, 1.82) is 0 Å². The highest BCUT2D eigenvalue weighted by molar-refractivity contribution is 9.11. The summed E-state index contributed by atoms with van der Waals surface area (Å²) in [7, 11) is -1.86. The number of rotatable bonds is 3. The normalized spacial score (nSPS) is 11.8. The molecule has 0 aliphatic rings. The second-order valence-electron chi connectivity index (χ2n) is 4.70. The van der Waals surface area contributed by atoms with E-state index >= 15 is 0 Å². The van der Waals surface area contributed by atoms with Gasteiger partial charge >= 0.3 is 0 Å². The lowest BCUT2D eigenvalue weighted by Crippen LogP contribution is -2.62. The minimum Gasteiger partial charge on any atom is -0.137 e. The van der Waals surface area contributed by atoms with Crippen LogP contribution in [0.1, 0.15) is 0 Å². The highest BCUT2D eigenvalue weighted by Crippen LogP contribution is 2.23. The van der Waals surface area contributed by atoms with Crippen LogP contribution < -0.4 is 14.2 Å². The summed E-state index contributed by atoms with van der Waals surface area (Å²) in [6.45, 7) is 2.44. The van der Waals surface area contributed by atoms with Crippen molar-refractivity contribution in [3.8, 4) is 0 Å². The lowest BCUT2D eigenvalue weighted by molar-refractivity contribution is 1.74. The highest BCUT2D eigenvalue weighted by atomic mass is 79.9. The summed E-state index contributed by atoms with van der Waals surface area (Å²) < 4.78 is 5.39. The predicted molar refractivity (Wildman–Crippen MR) is 101 cm³/mol. The van der Waals surface area contributed by atoms with E-state index in [4.69, 9.17) is 0 Å². The molecule has 0 N–H and O–H groups in total. The maximum Gasteiger partial charge on any atom is 0.169 e. The Labute approximate surface area is 144 Å². The molecule has 0 amide bonds. The average Bonchev–Trinajstić information content (AvgIpc) is 3.08. The first-order valence-electron chi connectivity index (χ1n) is 6.18. The monoisotopic (exact) mass is 442 g/mol. The Balaban J connectivity index is 2.22. The van der Waals surface area contributed by atoms with Crippen LogP contribution in [-0.4, -0.2) is 8.07 Å². The van der Waals surface area contributed by atoms with Gasteiger partial charge in [0.1, 0.15) is 0 Å². The van der Waals surface area contributed by atoms with Gasteiger partial charge in [-0.1, -0.05) is 49.0 Å². The fourth-order valence-electron chi connectivity index (χ4n) is 2.34. The van der Waals surface area contributed by atoms with Crippen molar-refractivity contribution in [2.45, 2.75) is 6.55 Å². The first-order valence-corrected chi connectivity index (χ1v) is 11.9. The van der Waals surface area contributed by atoms with Gasteiger partial charge < -0.3 is 0 Å². The van der Waals surface area contributed by atoms with Crippen LogP contribution in [0.5, 0.6) is 0 Å². The molecule has 0 aliphatic heterocycles. The first-order chi connectivity index (χ1) is 9.60. The molecule has 0 spiro atoms. The Morgan fingerprint density at radius 3 is 1.65 bits per heavy atom. The van der Waals surface area contributed by atoms with E-state index in [2.05, 4.69) is 93.0 Å². The largest absolute Gasteiger partial charge is 0.169 e. The molecular weight excluding hydrogens is 432 g/mol. The summed E-state index contributed by atoms with van der Waals surface area (Å²) in [4.78, 5) is 0. The molecule has 5 heteroatoms. The van der Waals surface area contributed by atoms with Crippen LogP contribution in [0.4, 0.5) is 0 Å². The standard InChI is InChI=1S/C15H12Br2S2Si/c1-20(11-5-3-2-4-6-11,14-9-7-12(16)18-14)15-10-8-13(17)19-15/h2-10H,1H3. The van der Waals surface area contributed by atoms with Gasteiger partial charge in [0.15, 0.2) is 8.07 Å². The average molecular weight is 444 g/mol. The van der Waals surface area contributed by atoms with Crippen LogP contribution >= 0.6 is 54.5 Å². The van der Waals surface area contributed by atoms with Gasteiger partial charge in [-0.15, -0.1) is 22.7 Å². The third-order valence-corrected chi connectivity index (χ3v) is 13.2. The molecule has 2 heterocycles. The summed E-state index contributed by atoms with van der Waals surface area (Å²) in [5.41, 5.74) is 0. The quantitative estimate of drug-likeness (QED) is 0.525. The van der Waals surface area contributed by atoms with Crippen LogP contribution in [0.3, 0.4) is 0 Å². The van der Waals surface area contributed by atoms with Crippen LogP contribution in [-0.2, 0) is 0 Å². The molecule has 0 nitrogen and oxygen atoms in total. The third kappa shape index (κ3) is 2.62. The van der Waals surface area contributed by atoms with Crippen molar-refractivity contribution in [1.82, 2.24) is 0 Å². The number of hydrogen-bond donors (Lipinski definition) is 0. The van der Waals surface area contributed by atoms with E-state index in [-0.39, 0.29) is 0 Å². The molecule has 3 rings (SSSR count). The Hall–Kier alpha value is -0.203. The van der Waals surface area contributed by atoms with E-state index in [9.17, 15) is 0 Å². The Bertz CT molecular complexity index is 678. The second kappa shape index (κ2) is 5.89. The zero-order valence-electron chi connectivity index (χ0n) is 10.8. The van der Waals surface area contributed by atoms with Gasteiger partial charge in [0.2, 0.25) is 0 Å². The molecule has 2 aromatic heterocycles. The van der Waals surface area contributed by atoms with E-state index in [0.717, 1.165) is 0 Å². The van der Waals surface area contributed by atoms with Crippen molar-refractivity contribution in [2.24, 2.45) is 0 Å². The number of thiophene rings is 2. The van der Waals surface area contributed by atoms with Crippen LogP contribution in [0.15, 0.2) is 62.2 Å². The summed E-state index contributed by atoms with van der Waals surface area (Å²) >= 11 is 10.9. The lowest BCUT2D eigenvalue weighted by atomic mass is 10.4. The molecule has 0 saturated heterocycles. The topological polar surface area (TPSA) is 0 Å². The van der Waals surface area contributed by atoms with E-state index in [0.29, 0.717) is 0 Å². The molecule has 0 unspecified atom stereocenters. The van der Waals surface area contributed by atoms with Gasteiger partial charge in [0.25, 0.3) is 0 Å². The first kappa shape index (κ1) is 14.7. The van der Waals surface area contributed by atoms with Crippen molar-refractivity contribution in [2.75, 3.05) is 0 Å². The summed E-state index contributed by atoms with van der Waals surface area (Å²) in [5.74, 6) is 0. The predicted octanol–water partition coefficient (Wildman–Crippen LogP) is 4.43. The van der Waals surface area contributed by atoms with E-state index < -0.39 is 8.07 Å². The molecule has 102 valence electrons. The van der Waals surface area contributed by atoms with Gasteiger partial charge in [-0.25, -0.2) is 0 Å². The van der Waals surface area contributed by atoms with Crippen molar-refractivity contribution < 1.29 is 0 Å².